The molecule has 0 unspecified atom stereocenters. The molecule has 126 valence electrons. The molecular formula is C19H19N5O. The van der Waals surface area contributed by atoms with Crippen molar-refractivity contribution >= 4 is 33.9 Å². The van der Waals surface area contributed by atoms with E-state index >= 15 is 0 Å². The molecule has 4 rings (SSSR count). The molecule has 2 heterocycles. The van der Waals surface area contributed by atoms with E-state index in [2.05, 4.69) is 15.3 Å². The first-order valence-electron chi connectivity index (χ1n) is 8.23. The quantitative estimate of drug-likeness (QED) is 0.638. The van der Waals surface area contributed by atoms with Gasteiger partial charge in [0.1, 0.15) is 5.82 Å². The van der Waals surface area contributed by atoms with Gasteiger partial charge in [-0.2, -0.15) is 0 Å². The second kappa shape index (κ2) is 5.73. The van der Waals surface area contributed by atoms with Crippen LogP contribution in [0, 0.1) is 12.8 Å². The monoisotopic (exact) mass is 333 g/mol. The summed E-state index contributed by atoms with van der Waals surface area (Å²) in [4.78, 5) is 20.4. The predicted molar refractivity (Wildman–Crippen MR) is 99.9 cm³/mol. The van der Waals surface area contributed by atoms with E-state index in [0.29, 0.717) is 17.2 Å². The predicted octanol–water partition coefficient (Wildman–Crippen LogP) is 3.12. The maximum Gasteiger partial charge on any atom is 0.228 e. The lowest BCUT2D eigenvalue weighted by Crippen LogP contribution is -2.14. The number of fused-ring (bicyclic) bond motifs is 1. The Morgan fingerprint density at radius 2 is 1.92 bits per heavy atom. The molecule has 0 radical (unpaired) electrons. The van der Waals surface area contributed by atoms with Crippen molar-refractivity contribution in [2.24, 2.45) is 5.92 Å². The van der Waals surface area contributed by atoms with Crippen molar-refractivity contribution in [2.45, 2.75) is 19.8 Å². The summed E-state index contributed by atoms with van der Waals surface area (Å²) in [5, 5.41) is 4.64. The van der Waals surface area contributed by atoms with E-state index in [-0.39, 0.29) is 11.8 Å². The van der Waals surface area contributed by atoms with Crippen LogP contribution in [0.2, 0.25) is 0 Å². The number of benzene rings is 1. The van der Waals surface area contributed by atoms with Crippen molar-refractivity contribution in [3.63, 3.8) is 0 Å². The zero-order valence-corrected chi connectivity index (χ0v) is 13.9. The molecule has 1 amide bonds. The minimum Gasteiger partial charge on any atom is -0.398 e. The van der Waals surface area contributed by atoms with Gasteiger partial charge in [-0.15, -0.1) is 0 Å². The topological polar surface area (TPSA) is 107 Å². The molecule has 1 aliphatic carbocycles. The van der Waals surface area contributed by atoms with Gasteiger partial charge in [-0.05, 0) is 54.5 Å². The third kappa shape index (κ3) is 2.87. The van der Waals surface area contributed by atoms with E-state index in [4.69, 9.17) is 11.5 Å². The number of anilines is 3. The van der Waals surface area contributed by atoms with Gasteiger partial charge in [-0.1, -0.05) is 0 Å². The maximum atomic E-state index is 12.0. The fraction of sp³-hybridized carbons (Fsp3) is 0.211. The molecule has 3 aromatic rings. The van der Waals surface area contributed by atoms with Crippen molar-refractivity contribution < 1.29 is 4.79 Å². The molecule has 1 saturated carbocycles. The second-order valence-electron chi connectivity index (χ2n) is 6.52. The summed E-state index contributed by atoms with van der Waals surface area (Å²) in [5.41, 5.74) is 16.3. The van der Waals surface area contributed by atoms with Gasteiger partial charge in [0.2, 0.25) is 5.91 Å². The minimum atomic E-state index is 0.0341. The number of hydrogen-bond donors (Lipinski definition) is 3. The largest absolute Gasteiger partial charge is 0.398 e. The van der Waals surface area contributed by atoms with Crippen LogP contribution in [0.4, 0.5) is 17.2 Å². The summed E-state index contributed by atoms with van der Waals surface area (Å²) in [5.74, 6) is 0.713. The maximum absolute atomic E-state index is 12.0. The van der Waals surface area contributed by atoms with E-state index < -0.39 is 0 Å². The smallest absolute Gasteiger partial charge is 0.228 e. The normalized spacial score (nSPS) is 13.8. The summed E-state index contributed by atoms with van der Waals surface area (Å²) < 4.78 is 0. The minimum absolute atomic E-state index is 0.0341. The number of nitrogens with two attached hydrogens (primary N) is 2. The SMILES string of the molecule is Cc1c(N)cncc1-c1cc(N)c2cnc(NC(=O)C3CC3)cc2c1. The van der Waals surface area contributed by atoms with Gasteiger partial charge < -0.3 is 16.8 Å². The average Bonchev–Trinajstić information content (AvgIpc) is 3.42. The van der Waals surface area contributed by atoms with E-state index in [1.807, 2.05) is 25.1 Å². The number of hydrogen-bond acceptors (Lipinski definition) is 5. The number of amides is 1. The number of carbonyl (C=O) groups excluding carboxylic acids is 1. The summed E-state index contributed by atoms with van der Waals surface area (Å²) in [6, 6.07) is 5.77. The van der Waals surface area contributed by atoms with Gasteiger partial charge in [-0.25, -0.2) is 4.98 Å². The van der Waals surface area contributed by atoms with E-state index in [1.165, 1.54) is 0 Å². The highest BCUT2D eigenvalue weighted by Crippen LogP contribution is 2.33. The lowest BCUT2D eigenvalue weighted by Gasteiger charge is -2.12. The molecule has 6 heteroatoms. The highest BCUT2D eigenvalue weighted by Gasteiger charge is 2.29. The van der Waals surface area contributed by atoms with Crippen LogP contribution in [0.5, 0.6) is 0 Å². The third-order valence-corrected chi connectivity index (χ3v) is 4.63. The molecule has 1 fully saturated rings. The fourth-order valence-electron chi connectivity index (χ4n) is 2.92. The Balaban J connectivity index is 1.78. The van der Waals surface area contributed by atoms with Crippen LogP contribution in [0.15, 0.2) is 36.8 Å². The Hall–Kier alpha value is -3.15. The Labute approximate surface area is 145 Å². The first kappa shape index (κ1) is 15.4. The number of pyridine rings is 2. The van der Waals surface area contributed by atoms with Crippen LogP contribution < -0.4 is 16.8 Å². The molecule has 0 bridgehead atoms. The Bertz CT molecular complexity index is 995. The van der Waals surface area contributed by atoms with Crippen molar-refractivity contribution in [3.05, 3.63) is 42.4 Å². The van der Waals surface area contributed by atoms with Crippen LogP contribution in [-0.2, 0) is 4.79 Å². The van der Waals surface area contributed by atoms with Crippen LogP contribution in [0.25, 0.3) is 21.9 Å². The number of rotatable bonds is 3. The zero-order valence-electron chi connectivity index (χ0n) is 13.9. The van der Waals surface area contributed by atoms with E-state index in [9.17, 15) is 4.79 Å². The van der Waals surface area contributed by atoms with Crippen molar-refractivity contribution in [2.75, 3.05) is 16.8 Å². The van der Waals surface area contributed by atoms with Gasteiger partial charge in [0.25, 0.3) is 0 Å². The van der Waals surface area contributed by atoms with Crippen molar-refractivity contribution in [3.8, 4) is 11.1 Å². The number of nitrogens with one attached hydrogen (secondary N) is 1. The van der Waals surface area contributed by atoms with Gasteiger partial charge in [0.05, 0.1) is 11.9 Å². The van der Waals surface area contributed by atoms with E-state index in [0.717, 1.165) is 40.3 Å². The Kier molecular flexibility index (Phi) is 3.53. The standard InChI is InChI=1S/C19H19N5O/c1-10-14(7-22-9-17(10)21)12-4-13-6-18(24-19(25)11-2-3-11)23-8-15(13)16(20)5-12/h4-9,11H,2-3,20-21H2,1H3,(H,23,24,25). The number of nitrogen functional groups attached to an aromatic ring is 2. The second-order valence-corrected chi connectivity index (χ2v) is 6.52. The lowest BCUT2D eigenvalue weighted by molar-refractivity contribution is -0.117. The summed E-state index contributed by atoms with van der Waals surface area (Å²) in [6.45, 7) is 1.96. The van der Waals surface area contributed by atoms with Crippen LogP contribution in [-0.4, -0.2) is 15.9 Å². The average molecular weight is 333 g/mol. The summed E-state index contributed by atoms with van der Waals surface area (Å²) in [7, 11) is 0. The molecule has 0 aliphatic heterocycles. The molecular weight excluding hydrogens is 314 g/mol. The van der Waals surface area contributed by atoms with Crippen LogP contribution >= 0.6 is 0 Å². The van der Waals surface area contributed by atoms with Gasteiger partial charge >= 0.3 is 0 Å². The third-order valence-electron chi connectivity index (χ3n) is 4.63. The molecule has 0 spiro atoms. The highest BCUT2D eigenvalue weighted by molar-refractivity contribution is 6.00. The zero-order chi connectivity index (χ0) is 17.6. The number of nitrogens with zero attached hydrogens (tertiary/aromatic N) is 2. The summed E-state index contributed by atoms with van der Waals surface area (Å²) in [6.07, 6.45) is 7.03. The van der Waals surface area contributed by atoms with Gasteiger partial charge in [0, 0.05) is 34.9 Å². The van der Waals surface area contributed by atoms with Crippen molar-refractivity contribution in [1.29, 1.82) is 0 Å². The molecule has 2 aromatic heterocycles. The highest BCUT2D eigenvalue weighted by atomic mass is 16.2. The molecule has 6 nitrogen and oxygen atoms in total. The lowest BCUT2D eigenvalue weighted by atomic mass is 9.98. The van der Waals surface area contributed by atoms with Crippen LogP contribution in [0.3, 0.4) is 0 Å². The number of carbonyl (C=O) groups is 1. The first-order valence-corrected chi connectivity index (χ1v) is 8.23. The molecule has 1 aromatic carbocycles. The molecule has 0 saturated heterocycles. The molecule has 0 atom stereocenters. The molecule has 25 heavy (non-hydrogen) atoms. The van der Waals surface area contributed by atoms with Crippen LogP contribution in [0.1, 0.15) is 18.4 Å². The van der Waals surface area contributed by atoms with E-state index in [1.54, 1.807) is 18.6 Å². The van der Waals surface area contributed by atoms with Gasteiger partial charge in [0.15, 0.2) is 0 Å². The Morgan fingerprint density at radius 3 is 2.68 bits per heavy atom. The van der Waals surface area contributed by atoms with Crippen molar-refractivity contribution in [1.82, 2.24) is 9.97 Å². The Morgan fingerprint density at radius 1 is 1.12 bits per heavy atom. The number of aromatic nitrogens is 2. The fourth-order valence-corrected chi connectivity index (χ4v) is 2.92. The summed E-state index contributed by atoms with van der Waals surface area (Å²) >= 11 is 0. The molecule has 1 aliphatic rings. The molecule has 5 N–H and O–H groups in total. The first-order chi connectivity index (χ1) is 12.0. The van der Waals surface area contributed by atoms with Gasteiger partial charge in [-0.3, -0.25) is 9.78 Å².